The van der Waals surface area contributed by atoms with Crippen molar-refractivity contribution in [2.75, 3.05) is 0 Å². The van der Waals surface area contributed by atoms with Crippen LogP contribution in [0.4, 0.5) is 0 Å². The van der Waals surface area contributed by atoms with Crippen molar-refractivity contribution in [3.63, 3.8) is 0 Å². The van der Waals surface area contributed by atoms with Crippen molar-refractivity contribution in [3.8, 4) is 0 Å². The number of benzene rings is 1. The van der Waals surface area contributed by atoms with Gasteiger partial charge in [0.1, 0.15) is 0 Å². The van der Waals surface area contributed by atoms with Gasteiger partial charge in [-0.15, -0.1) is 0 Å². The van der Waals surface area contributed by atoms with Gasteiger partial charge in [-0.2, -0.15) is 0 Å². The highest BCUT2D eigenvalue weighted by Crippen LogP contribution is 2.30. The average molecular weight is 261 g/mol. The van der Waals surface area contributed by atoms with Gasteiger partial charge in [0.15, 0.2) is 0 Å². The standard InChI is InChI=1S/C10H6Cl2O4/c11-4-1-6-5(7(12)2-4)3-8(9(13)14)16-10(6)15/h1-2,8H,3H2,(H,13,14)/t8-/m1/s1. The number of hydrogen-bond donors (Lipinski definition) is 1. The maximum atomic E-state index is 11.5. The molecule has 1 aromatic carbocycles. The van der Waals surface area contributed by atoms with Gasteiger partial charge in [-0.05, 0) is 17.7 Å². The summed E-state index contributed by atoms with van der Waals surface area (Å²) >= 11 is 11.6. The van der Waals surface area contributed by atoms with E-state index in [4.69, 9.17) is 33.0 Å². The summed E-state index contributed by atoms with van der Waals surface area (Å²) in [5.41, 5.74) is 0.699. The minimum Gasteiger partial charge on any atom is -0.478 e. The lowest BCUT2D eigenvalue weighted by Gasteiger charge is -2.22. The third-order valence-corrected chi connectivity index (χ3v) is 2.85. The van der Waals surface area contributed by atoms with E-state index in [2.05, 4.69) is 0 Å². The number of esters is 1. The van der Waals surface area contributed by atoms with Crippen LogP contribution in [0.5, 0.6) is 0 Å². The van der Waals surface area contributed by atoms with Crippen LogP contribution in [0.25, 0.3) is 0 Å². The number of carboxylic acids is 1. The number of cyclic esters (lactones) is 1. The Labute approximate surface area is 101 Å². The van der Waals surface area contributed by atoms with Crippen LogP contribution in [0.3, 0.4) is 0 Å². The summed E-state index contributed by atoms with van der Waals surface area (Å²) in [6.07, 6.45) is -1.12. The van der Waals surface area contributed by atoms with Gasteiger partial charge in [-0.1, -0.05) is 23.2 Å². The van der Waals surface area contributed by atoms with E-state index in [-0.39, 0.29) is 17.0 Å². The second-order valence-electron chi connectivity index (χ2n) is 3.35. The molecule has 0 unspecified atom stereocenters. The van der Waals surface area contributed by atoms with E-state index in [0.29, 0.717) is 10.6 Å². The molecule has 0 fully saturated rings. The third-order valence-electron chi connectivity index (χ3n) is 2.29. The molecule has 1 atom stereocenters. The minimum atomic E-state index is -1.19. The molecule has 0 amide bonds. The molecule has 1 aromatic rings. The van der Waals surface area contributed by atoms with Crippen LogP contribution in [0, 0.1) is 0 Å². The van der Waals surface area contributed by atoms with Crippen LogP contribution in [0.1, 0.15) is 15.9 Å². The average Bonchev–Trinajstić information content (AvgIpc) is 2.19. The molecule has 16 heavy (non-hydrogen) atoms. The van der Waals surface area contributed by atoms with Crippen molar-refractivity contribution in [2.24, 2.45) is 0 Å². The number of carbonyl (C=O) groups excluding carboxylic acids is 1. The summed E-state index contributed by atoms with van der Waals surface area (Å²) in [6.45, 7) is 0. The molecule has 6 heteroatoms. The highest BCUT2D eigenvalue weighted by atomic mass is 35.5. The van der Waals surface area contributed by atoms with E-state index in [0.717, 1.165) is 0 Å². The molecule has 0 bridgehead atoms. The number of rotatable bonds is 1. The Hall–Kier alpha value is -1.26. The Morgan fingerprint density at radius 2 is 2.12 bits per heavy atom. The van der Waals surface area contributed by atoms with E-state index in [9.17, 15) is 9.59 Å². The molecular weight excluding hydrogens is 255 g/mol. The van der Waals surface area contributed by atoms with Crippen molar-refractivity contribution in [3.05, 3.63) is 33.3 Å². The van der Waals surface area contributed by atoms with Crippen LogP contribution in [0.2, 0.25) is 10.0 Å². The number of fused-ring (bicyclic) bond motifs is 1. The lowest BCUT2D eigenvalue weighted by atomic mass is 9.98. The predicted molar refractivity (Wildman–Crippen MR) is 57.0 cm³/mol. The van der Waals surface area contributed by atoms with Crippen molar-refractivity contribution in [1.82, 2.24) is 0 Å². The van der Waals surface area contributed by atoms with Crippen molar-refractivity contribution >= 4 is 35.1 Å². The Bertz CT molecular complexity index is 484. The van der Waals surface area contributed by atoms with Gasteiger partial charge in [-0.25, -0.2) is 9.59 Å². The Balaban J connectivity index is 2.50. The first kappa shape index (κ1) is 11.2. The van der Waals surface area contributed by atoms with Crippen molar-refractivity contribution in [2.45, 2.75) is 12.5 Å². The van der Waals surface area contributed by atoms with Gasteiger partial charge < -0.3 is 9.84 Å². The predicted octanol–water partition coefficient (Wildman–Crippen LogP) is 2.16. The van der Waals surface area contributed by atoms with Crippen LogP contribution in [-0.2, 0) is 16.0 Å². The molecule has 4 nitrogen and oxygen atoms in total. The SMILES string of the molecule is O=C1O[C@@H](C(=O)O)Cc2c(Cl)cc(Cl)cc21. The summed E-state index contributed by atoms with van der Waals surface area (Å²) in [7, 11) is 0. The fourth-order valence-electron chi connectivity index (χ4n) is 1.55. The van der Waals surface area contributed by atoms with E-state index >= 15 is 0 Å². The zero-order valence-electron chi connectivity index (χ0n) is 7.87. The maximum absolute atomic E-state index is 11.5. The van der Waals surface area contributed by atoms with Gasteiger partial charge in [0.05, 0.1) is 5.56 Å². The first-order valence-electron chi connectivity index (χ1n) is 4.40. The smallest absolute Gasteiger partial charge is 0.345 e. The minimum absolute atomic E-state index is 0.0619. The van der Waals surface area contributed by atoms with Crippen molar-refractivity contribution in [1.29, 1.82) is 0 Å². The number of carbonyl (C=O) groups is 2. The van der Waals surface area contributed by atoms with Gasteiger partial charge >= 0.3 is 11.9 Å². The largest absolute Gasteiger partial charge is 0.478 e. The third kappa shape index (κ3) is 1.86. The Morgan fingerprint density at radius 1 is 1.44 bits per heavy atom. The summed E-state index contributed by atoms with van der Waals surface area (Å²) in [6, 6.07) is 2.89. The zero-order valence-corrected chi connectivity index (χ0v) is 9.38. The molecule has 0 saturated heterocycles. The fraction of sp³-hybridized carbons (Fsp3) is 0.200. The lowest BCUT2D eigenvalue weighted by Crippen LogP contribution is -2.34. The van der Waals surface area contributed by atoms with Crippen molar-refractivity contribution < 1.29 is 19.4 Å². The quantitative estimate of drug-likeness (QED) is 0.787. The molecule has 0 radical (unpaired) electrons. The normalized spacial score (nSPS) is 18.9. The van der Waals surface area contributed by atoms with E-state index in [1.807, 2.05) is 0 Å². The molecule has 0 saturated carbocycles. The second kappa shape index (κ2) is 3.96. The van der Waals surface area contributed by atoms with E-state index in [1.165, 1.54) is 12.1 Å². The van der Waals surface area contributed by atoms with Gasteiger partial charge in [-0.3, -0.25) is 0 Å². The molecule has 0 aromatic heterocycles. The number of ether oxygens (including phenoxy) is 1. The fourth-order valence-corrected chi connectivity index (χ4v) is 2.12. The maximum Gasteiger partial charge on any atom is 0.345 e. The summed E-state index contributed by atoms with van der Waals surface area (Å²) in [4.78, 5) is 22.2. The van der Waals surface area contributed by atoms with Gasteiger partial charge in [0.25, 0.3) is 0 Å². The van der Waals surface area contributed by atoms with Gasteiger partial charge in [0.2, 0.25) is 6.10 Å². The van der Waals surface area contributed by atoms with E-state index in [1.54, 1.807) is 0 Å². The number of halogens is 2. The zero-order chi connectivity index (χ0) is 11.9. The topological polar surface area (TPSA) is 63.6 Å². The molecule has 1 aliphatic heterocycles. The number of carboxylic acid groups (broad SMARTS) is 1. The molecular formula is C10H6Cl2O4. The van der Waals surface area contributed by atoms with E-state index < -0.39 is 18.0 Å². The molecule has 84 valence electrons. The first-order valence-corrected chi connectivity index (χ1v) is 5.16. The second-order valence-corrected chi connectivity index (χ2v) is 4.19. The summed E-state index contributed by atoms with van der Waals surface area (Å²) in [5, 5.41) is 9.38. The molecule has 1 N–H and O–H groups in total. The first-order chi connectivity index (χ1) is 7.49. The lowest BCUT2D eigenvalue weighted by molar-refractivity contribution is -0.147. The number of aliphatic carboxylic acids is 1. The van der Waals surface area contributed by atoms with Gasteiger partial charge in [0, 0.05) is 16.5 Å². The molecule has 1 heterocycles. The summed E-state index contributed by atoms with van der Waals surface area (Å²) < 4.78 is 4.73. The molecule has 2 rings (SSSR count). The highest BCUT2D eigenvalue weighted by Gasteiger charge is 2.32. The number of hydrogen-bond acceptors (Lipinski definition) is 3. The summed E-state index contributed by atoms with van der Waals surface area (Å²) in [5.74, 6) is -1.90. The highest BCUT2D eigenvalue weighted by molar-refractivity contribution is 6.35. The van der Waals surface area contributed by atoms with Crippen LogP contribution < -0.4 is 0 Å². The van der Waals surface area contributed by atoms with Crippen LogP contribution in [-0.4, -0.2) is 23.1 Å². The van der Waals surface area contributed by atoms with Crippen LogP contribution in [0.15, 0.2) is 12.1 Å². The monoisotopic (exact) mass is 260 g/mol. The molecule has 0 aliphatic carbocycles. The van der Waals surface area contributed by atoms with Crippen LogP contribution >= 0.6 is 23.2 Å². The molecule has 1 aliphatic rings. The Morgan fingerprint density at radius 3 is 2.75 bits per heavy atom. The molecule has 0 spiro atoms. The Kier molecular flexibility index (Phi) is 2.78.